The molecule has 2 aromatic carbocycles. The number of aromatic nitrogens is 2. The van der Waals surface area contributed by atoms with Gasteiger partial charge in [0.1, 0.15) is 11.6 Å². The number of carbonyl (C=O) groups is 1. The lowest BCUT2D eigenvalue weighted by Gasteiger charge is -2.35. The molecular weight excluding hydrogens is 418 g/mol. The van der Waals surface area contributed by atoms with Gasteiger partial charge >= 0.3 is 0 Å². The number of carbonyl (C=O) groups excluding carboxylic acids is 1. The van der Waals surface area contributed by atoms with Crippen molar-refractivity contribution in [3.05, 3.63) is 92.3 Å². The van der Waals surface area contributed by atoms with Crippen LogP contribution >= 0.6 is 15.9 Å². The van der Waals surface area contributed by atoms with Crippen molar-refractivity contribution in [2.45, 2.75) is 18.8 Å². The zero-order valence-corrected chi connectivity index (χ0v) is 16.6. The molecular formula is C22H18BrN3O2. The lowest BCUT2D eigenvalue weighted by atomic mass is 9.72. The minimum absolute atomic E-state index is 0.126. The Bertz CT molecular complexity index is 1140. The third-order valence-electron chi connectivity index (χ3n) is 5.52. The van der Waals surface area contributed by atoms with E-state index >= 15 is 0 Å². The van der Waals surface area contributed by atoms with E-state index in [1.165, 1.54) is 0 Å². The van der Waals surface area contributed by atoms with Crippen molar-refractivity contribution in [1.82, 2.24) is 9.78 Å². The predicted octanol–water partition coefficient (Wildman–Crippen LogP) is 4.35. The summed E-state index contributed by atoms with van der Waals surface area (Å²) in [6.45, 7) is 0. The summed E-state index contributed by atoms with van der Waals surface area (Å²) in [6.07, 6.45) is 3.32. The molecule has 0 saturated carbocycles. The van der Waals surface area contributed by atoms with Crippen molar-refractivity contribution < 1.29 is 4.79 Å². The van der Waals surface area contributed by atoms with Gasteiger partial charge in [0.15, 0.2) is 0 Å². The summed E-state index contributed by atoms with van der Waals surface area (Å²) in [6, 6.07) is 17.4. The van der Waals surface area contributed by atoms with Gasteiger partial charge in [-0.1, -0.05) is 52.3 Å². The van der Waals surface area contributed by atoms with Crippen LogP contribution in [0, 0.1) is 5.92 Å². The zero-order chi connectivity index (χ0) is 19.3. The number of Topliss-reactive ketones (excluding diaryl/α,β-unsaturated/α-hetero) is 1. The SMILES string of the molecule is O=C1CCC=C2Nc3[nH]n(-c4ccccc4)c(=O)c3[C@H](c3ccc(Br)cc3)[C@@H]12. The maximum atomic E-state index is 13.4. The van der Waals surface area contributed by atoms with Crippen molar-refractivity contribution in [3.8, 4) is 5.69 Å². The number of benzene rings is 2. The standard InChI is InChI=1S/C22H18BrN3O2/c23-14-11-9-13(10-12-14)18-19-16(7-4-8-17(19)27)24-21-20(18)22(28)26(25-21)15-5-2-1-3-6-15/h1-3,5-7,9-12,18-19,24-25H,4,8H2/t18-,19-/m1/s1. The number of nitrogens with one attached hydrogen (secondary N) is 2. The van der Waals surface area contributed by atoms with Crippen molar-refractivity contribution in [3.63, 3.8) is 0 Å². The second-order valence-electron chi connectivity index (χ2n) is 7.17. The molecule has 5 nitrogen and oxygen atoms in total. The lowest BCUT2D eigenvalue weighted by Crippen LogP contribution is -2.36. The summed E-state index contributed by atoms with van der Waals surface area (Å²) < 4.78 is 2.51. The number of fused-ring (bicyclic) bond motifs is 2. The summed E-state index contributed by atoms with van der Waals surface area (Å²) >= 11 is 3.47. The number of ketones is 1. The smallest absolute Gasteiger partial charge is 0.277 e. The molecule has 140 valence electrons. The van der Waals surface area contributed by atoms with Crippen LogP contribution in [0.1, 0.15) is 29.9 Å². The number of rotatable bonds is 2. The van der Waals surface area contributed by atoms with Crippen LogP contribution in [0.2, 0.25) is 0 Å². The molecule has 0 saturated heterocycles. The number of anilines is 1. The molecule has 5 rings (SSSR count). The van der Waals surface area contributed by atoms with Gasteiger partial charge in [0.25, 0.3) is 5.56 Å². The monoisotopic (exact) mass is 435 g/mol. The minimum Gasteiger partial charge on any atom is -0.343 e. The number of aromatic amines is 1. The fourth-order valence-corrected chi connectivity index (χ4v) is 4.52. The molecule has 0 fully saturated rings. The van der Waals surface area contributed by atoms with Crippen molar-refractivity contribution >= 4 is 27.5 Å². The largest absolute Gasteiger partial charge is 0.343 e. The summed E-state index contributed by atoms with van der Waals surface area (Å²) in [4.78, 5) is 26.3. The predicted molar refractivity (Wildman–Crippen MR) is 112 cm³/mol. The first-order valence-electron chi connectivity index (χ1n) is 9.29. The van der Waals surface area contributed by atoms with Crippen molar-refractivity contribution in [1.29, 1.82) is 0 Å². The lowest BCUT2D eigenvalue weighted by molar-refractivity contribution is -0.122. The van der Waals surface area contributed by atoms with E-state index in [4.69, 9.17) is 0 Å². The van der Waals surface area contributed by atoms with Crippen molar-refractivity contribution in [2.75, 3.05) is 5.32 Å². The quantitative estimate of drug-likeness (QED) is 0.628. The molecule has 2 aliphatic rings. The van der Waals surface area contributed by atoms with Gasteiger partial charge < -0.3 is 5.32 Å². The number of halogens is 1. The first-order valence-corrected chi connectivity index (χ1v) is 10.1. The Kier molecular flexibility index (Phi) is 4.09. The van der Waals surface area contributed by atoms with Crippen LogP contribution in [0.3, 0.4) is 0 Å². The number of nitrogens with zero attached hydrogens (tertiary/aromatic N) is 1. The molecule has 2 N–H and O–H groups in total. The molecule has 0 amide bonds. The van der Waals surface area contributed by atoms with Gasteiger partial charge in [-0.05, 0) is 36.2 Å². The Morgan fingerprint density at radius 1 is 0.964 bits per heavy atom. The van der Waals surface area contributed by atoms with Crippen LogP contribution in [0.25, 0.3) is 5.69 Å². The van der Waals surface area contributed by atoms with E-state index in [-0.39, 0.29) is 23.2 Å². The molecule has 6 heteroatoms. The topological polar surface area (TPSA) is 66.9 Å². The number of hydrogen-bond donors (Lipinski definition) is 2. The van der Waals surface area contributed by atoms with Crippen LogP contribution in [-0.2, 0) is 4.79 Å². The van der Waals surface area contributed by atoms with Crippen LogP contribution < -0.4 is 10.9 Å². The van der Waals surface area contributed by atoms with Crippen LogP contribution in [0.5, 0.6) is 0 Å². The van der Waals surface area contributed by atoms with Crippen LogP contribution in [0.15, 0.2) is 75.6 Å². The Balaban J connectivity index is 1.75. The highest BCUT2D eigenvalue weighted by atomic mass is 79.9. The molecule has 0 bridgehead atoms. The summed E-state index contributed by atoms with van der Waals surface area (Å²) in [5.41, 5.74) is 3.11. The molecule has 1 aliphatic carbocycles. The second kappa shape index (κ2) is 6.63. The van der Waals surface area contributed by atoms with Gasteiger partial charge in [0.05, 0.1) is 17.2 Å². The summed E-state index contributed by atoms with van der Waals surface area (Å²) in [5.74, 6) is 0.182. The fraction of sp³-hybridized carbons (Fsp3) is 0.182. The normalized spacial score (nSPS) is 20.8. The van der Waals surface area contributed by atoms with Gasteiger partial charge in [-0.15, -0.1) is 0 Å². The highest BCUT2D eigenvalue weighted by Gasteiger charge is 2.42. The van der Waals surface area contributed by atoms with Gasteiger partial charge in [-0.25, -0.2) is 4.68 Å². The zero-order valence-electron chi connectivity index (χ0n) is 15.0. The molecule has 0 radical (unpaired) electrons. The first-order chi connectivity index (χ1) is 13.6. The van der Waals surface area contributed by atoms with E-state index in [0.717, 1.165) is 27.8 Å². The van der Waals surface area contributed by atoms with E-state index in [1.807, 2.05) is 54.6 Å². The maximum Gasteiger partial charge on any atom is 0.277 e. The maximum absolute atomic E-state index is 13.4. The average Bonchev–Trinajstić information content (AvgIpc) is 3.04. The van der Waals surface area contributed by atoms with Gasteiger partial charge in [0.2, 0.25) is 0 Å². The molecule has 2 atom stereocenters. The summed E-state index contributed by atoms with van der Waals surface area (Å²) in [7, 11) is 0. The number of H-pyrrole nitrogens is 1. The molecule has 1 aliphatic heterocycles. The number of para-hydroxylation sites is 1. The molecule has 2 heterocycles. The van der Waals surface area contributed by atoms with Gasteiger partial charge in [-0.3, -0.25) is 14.7 Å². The van der Waals surface area contributed by atoms with Gasteiger partial charge in [-0.2, -0.15) is 0 Å². The Labute approximate surface area is 170 Å². The Morgan fingerprint density at radius 2 is 1.71 bits per heavy atom. The fourth-order valence-electron chi connectivity index (χ4n) is 4.25. The van der Waals surface area contributed by atoms with E-state index in [0.29, 0.717) is 17.8 Å². The van der Waals surface area contributed by atoms with Crippen LogP contribution in [-0.4, -0.2) is 15.6 Å². The third-order valence-corrected chi connectivity index (χ3v) is 6.05. The average molecular weight is 436 g/mol. The highest BCUT2D eigenvalue weighted by Crippen LogP contribution is 2.45. The number of allylic oxidation sites excluding steroid dienone is 2. The Hall–Kier alpha value is -2.86. The molecule has 3 aromatic rings. The minimum atomic E-state index is -0.352. The van der Waals surface area contributed by atoms with E-state index in [2.05, 4.69) is 32.4 Å². The molecule has 28 heavy (non-hydrogen) atoms. The van der Waals surface area contributed by atoms with Crippen molar-refractivity contribution in [2.24, 2.45) is 5.92 Å². The second-order valence-corrected chi connectivity index (χ2v) is 8.09. The number of hydrogen-bond acceptors (Lipinski definition) is 3. The van der Waals surface area contributed by atoms with Gasteiger partial charge in [0, 0.05) is 22.5 Å². The van der Waals surface area contributed by atoms with E-state index < -0.39 is 0 Å². The highest BCUT2D eigenvalue weighted by molar-refractivity contribution is 9.10. The Morgan fingerprint density at radius 3 is 2.46 bits per heavy atom. The summed E-state index contributed by atoms with van der Waals surface area (Å²) in [5, 5.41) is 6.53. The van der Waals surface area contributed by atoms with Crippen LogP contribution in [0.4, 0.5) is 5.82 Å². The molecule has 0 spiro atoms. The molecule has 0 unspecified atom stereocenters. The van der Waals surface area contributed by atoms with E-state index in [1.54, 1.807) is 4.68 Å². The van der Waals surface area contributed by atoms with E-state index in [9.17, 15) is 9.59 Å². The third kappa shape index (κ3) is 2.67. The first kappa shape index (κ1) is 17.3. The molecule has 1 aromatic heterocycles.